The molecule has 2 aliphatic heterocycles. The molecule has 2 aliphatic rings. The van der Waals surface area contributed by atoms with E-state index in [0.29, 0.717) is 18.1 Å². The van der Waals surface area contributed by atoms with Crippen LogP contribution in [0.4, 0.5) is 0 Å². The summed E-state index contributed by atoms with van der Waals surface area (Å²) in [5.74, 6) is 0.866. The molecule has 176 valence electrons. The zero-order chi connectivity index (χ0) is 23.3. The minimum atomic E-state index is -0.183. The van der Waals surface area contributed by atoms with Crippen LogP contribution in [0.25, 0.3) is 0 Å². The van der Waals surface area contributed by atoms with Crippen LogP contribution in [0, 0.1) is 0 Å². The number of nitrogens with zero attached hydrogens (tertiary/aromatic N) is 6. The largest absolute Gasteiger partial charge is 0.497 e. The zero-order valence-corrected chi connectivity index (χ0v) is 19.7. The Hall–Kier alpha value is -3.24. The van der Waals surface area contributed by atoms with Crippen LogP contribution in [0.2, 0.25) is 0 Å². The summed E-state index contributed by atoms with van der Waals surface area (Å²) in [5.41, 5.74) is 2.92. The van der Waals surface area contributed by atoms with Crippen molar-refractivity contribution < 1.29 is 14.3 Å². The van der Waals surface area contributed by atoms with Crippen LogP contribution in [-0.2, 0) is 16.1 Å². The average Bonchev–Trinajstić information content (AvgIpc) is 3.65. The molecule has 0 aliphatic carbocycles. The number of aromatic nitrogens is 4. The number of amides is 1. The van der Waals surface area contributed by atoms with Gasteiger partial charge in [-0.25, -0.2) is 9.69 Å². The molecule has 0 bridgehead atoms. The molecule has 1 amide bonds. The minimum Gasteiger partial charge on any atom is -0.497 e. The smallest absolute Gasteiger partial charge is 0.253 e. The molecule has 0 unspecified atom stereocenters. The van der Waals surface area contributed by atoms with Crippen LogP contribution in [0.1, 0.15) is 36.4 Å². The third-order valence-corrected chi connectivity index (χ3v) is 6.94. The second kappa shape index (κ2) is 10.4. The summed E-state index contributed by atoms with van der Waals surface area (Å²) < 4.78 is 12.7. The number of carbonyl (C=O) groups is 1. The van der Waals surface area contributed by atoms with E-state index >= 15 is 0 Å². The van der Waals surface area contributed by atoms with E-state index in [2.05, 4.69) is 15.5 Å². The molecule has 1 aromatic heterocycles. The molecule has 9 nitrogen and oxygen atoms in total. The van der Waals surface area contributed by atoms with Gasteiger partial charge in [0.1, 0.15) is 5.75 Å². The summed E-state index contributed by atoms with van der Waals surface area (Å²) in [7, 11) is 1.64. The first-order chi connectivity index (χ1) is 16.7. The Morgan fingerprint density at radius 3 is 2.74 bits per heavy atom. The molecular weight excluding hydrogens is 452 g/mol. The van der Waals surface area contributed by atoms with Gasteiger partial charge >= 0.3 is 0 Å². The number of hydrogen-bond acceptors (Lipinski definition) is 8. The number of carbonyl (C=O) groups excluding carboxylic acids is 1. The second-order valence-electron chi connectivity index (χ2n) is 8.21. The van der Waals surface area contributed by atoms with Crippen LogP contribution >= 0.6 is 11.8 Å². The van der Waals surface area contributed by atoms with Crippen molar-refractivity contribution in [2.75, 3.05) is 19.5 Å². The predicted molar refractivity (Wildman–Crippen MR) is 128 cm³/mol. The van der Waals surface area contributed by atoms with Gasteiger partial charge in [-0.1, -0.05) is 54.2 Å². The van der Waals surface area contributed by atoms with Crippen molar-refractivity contribution in [2.24, 2.45) is 5.10 Å². The summed E-state index contributed by atoms with van der Waals surface area (Å²) in [6.45, 7) is 1.37. The second-order valence-corrected chi connectivity index (χ2v) is 9.15. The number of rotatable bonds is 8. The van der Waals surface area contributed by atoms with E-state index in [0.717, 1.165) is 42.0 Å². The van der Waals surface area contributed by atoms with Crippen molar-refractivity contribution in [1.82, 2.24) is 25.2 Å². The zero-order valence-electron chi connectivity index (χ0n) is 18.9. The Balaban J connectivity index is 1.32. The highest BCUT2D eigenvalue weighted by molar-refractivity contribution is 7.99. The molecule has 2 aromatic carbocycles. The number of thioether (sulfide) groups is 1. The first kappa shape index (κ1) is 22.5. The summed E-state index contributed by atoms with van der Waals surface area (Å²) in [6, 6.07) is 17.6. The molecule has 3 heterocycles. The lowest BCUT2D eigenvalue weighted by atomic mass is 9.98. The lowest BCUT2D eigenvalue weighted by Crippen LogP contribution is -2.28. The van der Waals surface area contributed by atoms with E-state index in [4.69, 9.17) is 14.6 Å². The maximum Gasteiger partial charge on any atom is 0.253 e. The molecule has 0 saturated carbocycles. The fraction of sp³-hybridized carbons (Fsp3) is 0.375. The summed E-state index contributed by atoms with van der Waals surface area (Å²) >= 11 is 1.32. The molecule has 0 N–H and O–H groups in total. The maximum atomic E-state index is 13.4. The van der Waals surface area contributed by atoms with E-state index in [1.807, 2.05) is 54.6 Å². The van der Waals surface area contributed by atoms with E-state index in [9.17, 15) is 4.79 Å². The fourth-order valence-electron chi connectivity index (χ4n) is 4.22. The standard InChI is InChI=1S/C24H26N6O3S/c1-32-19-11-9-18(10-12-19)22-14-21(17-6-3-2-4-7-17)26-30(22)23(31)16-34-24-25-27-28-29(24)15-20-8-5-13-33-20/h2-4,6-7,9-12,20,22H,5,8,13-16H2,1H3/t20-,22+/m0/s1. The Labute approximate surface area is 202 Å². The fourth-order valence-corrected chi connectivity index (χ4v) is 4.96. The SMILES string of the molecule is COc1ccc([C@H]2CC(c3ccccc3)=NN2C(=O)CSc2nnnn2C[C@@H]2CCCO2)cc1. The third kappa shape index (κ3) is 4.97. The highest BCUT2D eigenvalue weighted by Gasteiger charge is 2.33. The van der Waals surface area contributed by atoms with Gasteiger partial charge < -0.3 is 9.47 Å². The Morgan fingerprint density at radius 2 is 2.00 bits per heavy atom. The van der Waals surface area contributed by atoms with Gasteiger partial charge in [0.15, 0.2) is 0 Å². The first-order valence-electron chi connectivity index (χ1n) is 11.3. The molecule has 3 aromatic rings. The molecule has 0 radical (unpaired) electrons. The van der Waals surface area contributed by atoms with Crippen molar-refractivity contribution >= 4 is 23.4 Å². The van der Waals surface area contributed by atoms with Crippen LogP contribution in [0.15, 0.2) is 64.9 Å². The van der Waals surface area contributed by atoms with Gasteiger partial charge in [0.05, 0.1) is 37.3 Å². The highest BCUT2D eigenvalue weighted by atomic mass is 32.2. The Morgan fingerprint density at radius 1 is 1.18 bits per heavy atom. The van der Waals surface area contributed by atoms with Crippen molar-refractivity contribution in [3.8, 4) is 5.75 Å². The number of methoxy groups -OCH3 is 1. The van der Waals surface area contributed by atoms with Crippen LogP contribution < -0.4 is 4.74 Å². The summed E-state index contributed by atoms with van der Waals surface area (Å²) in [6.07, 6.45) is 2.81. The van der Waals surface area contributed by atoms with Gasteiger partial charge in [0.2, 0.25) is 5.16 Å². The molecule has 5 rings (SSSR count). The topological polar surface area (TPSA) is 94.7 Å². The van der Waals surface area contributed by atoms with Gasteiger partial charge in [0.25, 0.3) is 5.91 Å². The quantitative estimate of drug-likeness (QED) is 0.458. The number of hydrazone groups is 1. The predicted octanol–water partition coefficient (Wildman–Crippen LogP) is 3.33. The van der Waals surface area contributed by atoms with Gasteiger partial charge in [-0.05, 0) is 46.5 Å². The van der Waals surface area contributed by atoms with Gasteiger partial charge in [0, 0.05) is 13.0 Å². The van der Waals surface area contributed by atoms with Crippen LogP contribution in [0.5, 0.6) is 5.75 Å². The number of benzene rings is 2. The van der Waals surface area contributed by atoms with E-state index < -0.39 is 0 Å². The lowest BCUT2D eigenvalue weighted by Gasteiger charge is -2.22. The molecule has 2 atom stereocenters. The van der Waals surface area contributed by atoms with Gasteiger partial charge in [-0.15, -0.1) is 5.10 Å². The maximum absolute atomic E-state index is 13.4. The number of ether oxygens (including phenoxy) is 2. The Bertz CT molecular complexity index is 1150. The molecule has 0 spiro atoms. The van der Waals surface area contributed by atoms with E-state index in [-0.39, 0.29) is 23.8 Å². The molecule has 1 fully saturated rings. The van der Waals surface area contributed by atoms with Gasteiger partial charge in [-0.2, -0.15) is 5.10 Å². The molecule has 34 heavy (non-hydrogen) atoms. The monoisotopic (exact) mass is 478 g/mol. The van der Waals surface area contributed by atoms with Crippen molar-refractivity contribution in [2.45, 2.75) is 43.1 Å². The molecule has 10 heteroatoms. The van der Waals surface area contributed by atoms with Crippen LogP contribution in [0.3, 0.4) is 0 Å². The van der Waals surface area contributed by atoms with E-state index in [1.165, 1.54) is 11.8 Å². The number of tetrazole rings is 1. The third-order valence-electron chi connectivity index (χ3n) is 6.00. The molecule has 1 saturated heterocycles. The van der Waals surface area contributed by atoms with Crippen molar-refractivity contribution in [3.63, 3.8) is 0 Å². The summed E-state index contributed by atoms with van der Waals surface area (Å²) in [4.78, 5) is 13.4. The van der Waals surface area contributed by atoms with Gasteiger partial charge in [-0.3, -0.25) is 4.79 Å². The normalized spacial score (nSPS) is 19.9. The lowest BCUT2D eigenvalue weighted by molar-refractivity contribution is -0.130. The average molecular weight is 479 g/mol. The Kier molecular flexibility index (Phi) is 6.87. The first-order valence-corrected chi connectivity index (χ1v) is 12.3. The van der Waals surface area contributed by atoms with Crippen molar-refractivity contribution in [1.29, 1.82) is 0 Å². The summed E-state index contributed by atoms with van der Waals surface area (Å²) in [5, 5.41) is 18.9. The minimum absolute atomic E-state index is 0.0941. The van der Waals surface area contributed by atoms with Crippen LogP contribution in [-0.4, -0.2) is 62.4 Å². The highest BCUT2D eigenvalue weighted by Crippen LogP contribution is 2.34. The molecular formula is C24H26N6O3S. The van der Waals surface area contributed by atoms with Crippen molar-refractivity contribution in [3.05, 3.63) is 65.7 Å². The number of hydrogen-bond donors (Lipinski definition) is 0. The van der Waals surface area contributed by atoms with E-state index in [1.54, 1.807) is 16.8 Å².